The third-order valence-electron chi connectivity index (χ3n) is 4.88. The van der Waals surface area contributed by atoms with Gasteiger partial charge in [-0.1, -0.05) is 61.5 Å². The number of phenols is 1. The van der Waals surface area contributed by atoms with E-state index in [0.717, 1.165) is 24.3 Å². The fourth-order valence-corrected chi connectivity index (χ4v) is 3.37. The van der Waals surface area contributed by atoms with Gasteiger partial charge >= 0.3 is 0 Å². The first kappa shape index (κ1) is 20.7. The molecule has 150 valence electrons. The molecule has 0 saturated heterocycles. The SMILES string of the molecule is CC/C(=C(/c1ccccc1)c1ccc(O)cc1)c1ccc(OCCN(C)C)cc1. The van der Waals surface area contributed by atoms with E-state index in [4.69, 9.17) is 4.74 Å². The predicted octanol–water partition coefficient (Wildman–Crippen LogP) is 5.70. The lowest BCUT2D eigenvalue weighted by atomic mass is 9.88. The van der Waals surface area contributed by atoms with Gasteiger partial charge < -0.3 is 14.7 Å². The molecule has 0 radical (unpaired) electrons. The van der Waals surface area contributed by atoms with Gasteiger partial charge in [0.15, 0.2) is 0 Å². The molecule has 3 nitrogen and oxygen atoms in total. The molecule has 3 aromatic carbocycles. The van der Waals surface area contributed by atoms with Crippen molar-refractivity contribution in [3.63, 3.8) is 0 Å². The average molecular weight is 388 g/mol. The van der Waals surface area contributed by atoms with Gasteiger partial charge in [-0.2, -0.15) is 0 Å². The van der Waals surface area contributed by atoms with Crippen LogP contribution in [0.4, 0.5) is 0 Å². The quantitative estimate of drug-likeness (QED) is 0.503. The molecule has 1 N–H and O–H groups in total. The molecule has 0 fully saturated rings. The van der Waals surface area contributed by atoms with Gasteiger partial charge in [-0.25, -0.2) is 0 Å². The Balaban J connectivity index is 2.00. The van der Waals surface area contributed by atoms with Crippen LogP contribution in [-0.2, 0) is 0 Å². The van der Waals surface area contributed by atoms with E-state index in [2.05, 4.69) is 48.2 Å². The lowest BCUT2D eigenvalue weighted by Gasteiger charge is -2.17. The van der Waals surface area contributed by atoms with Crippen molar-refractivity contribution >= 4 is 11.1 Å². The van der Waals surface area contributed by atoms with Crippen molar-refractivity contribution in [2.45, 2.75) is 13.3 Å². The largest absolute Gasteiger partial charge is 0.508 e. The number of likely N-dealkylation sites (N-methyl/N-ethyl adjacent to an activating group) is 1. The monoisotopic (exact) mass is 387 g/mol. The van der Waals surface area contributed by atoms with Gasteiger partial charge in [0, 0.05) is 6.54 Å². The van der Waals surface area contributed by atoms with Crippen LogP contribution in [0.3, 0.4) is 0 Å². The Morgan fingerprint density at radius 3 is 1.97 bits per heavy atom. The zero-order chi connectivity index (χ0) is 20.6. The summed E-state index contributed by atoms with van der Waals surface area (Å²) in [4.78, 5) is 2.11. The highest BCUT2D eigenvalue weighted by Crippen LogP contribution is 2.35. The number of nitrogens with zero attached hydrogens (tertiary/aromatic N) is 1. The van der Waals surface area contributed by atoms with E-state index in [0.29, 0.717) is 6.61 Å². The first-order chi connectivity index (χ1) is 14.1. The molecule has 0 aromatic heterocycles. The van der Waals surface area contributed by atoms with Crippen LogP contribution in [0.1, 0.15) is 30.0 Å². The molecule has 0 unspecified atom stereocenters. The van der Waals surface area contributed by atoms with Crippen LogP contribution in [0.5, 0.6) is 11.5 Å². The predicted molar refractivity (Wildman–Crippen MR) is 121 cm³/mol. The smallest absolute Gasteiger partial charge is 0.119 e. The van der Waals surface area contributed by atoms with E-state index in [1.807, 2.05) is 44.4 Å². The molecule has 29 heavy (non-hydrogen) atoms. The standard InChI is InChI=1S/C26H29NO2/c1-4-25(20-12-16-24(17-13-20)29-19-18-27(2)3)26(21-8-6-5-7-9-21)22-10-14-23(28)15-11-22/h5-17,28H,4,18-19H2,1-3H3/b26-25+. The van der Waals surface area contributed by atoms with Crippen LogP contribution in [0.2, 0.25) is 0 Å². The molecule has 0 atom stereocenters. The first-order valence-corrected chi connectivity index (χ1v) is 10.0. The zero-order valence-corrected chi connectivity index (χ0v) is 17.4. The molecular formula is C26H29NO2. The minimum absolute atomic E-state index is 0.276. The van der Waals surface area contributed by atoms with Crippen LogP contribution in [0, 0.1) is 0 Å². The van der Waals surface area contributed by atoms with Crippen molar-refractivity contribution in [2.24, 2.45) is 0 Å². The lowest BCUT2D eigenvalue weighted by molar-refractivity contribution is 0.261. The molecule has 0 bridgehead atoms. The molecule has 0 aliphatic rings. The lowest BCUT2D eigenvalue weighted by Crippen LogP contribution is -2.19. The Labute approximate surface area is 173 Å². The first-order valence-electron chi connectivity index (χ1n) is 10.0. The summed E-state index contributed by atoms with van der Waals surface area (Å²) in [5.74, 6) is 1.16. The second-order valence-corrected chi connectivity index (χ2v) is 7.30. The molecule has 0 heterocycles. The highest BCUT2D eigenvalue weighted by atomic mass is 16.5. The highest BCUT2D eigenvalue weighted by molar-refractivity contribution is 5.98. The number of phenolic OH excluding ortho intramolecular Hbond substituents is 1. The zero-order valence-electron chi connectivity index (χ0n) is 17.4. The second-order valence-electron chi connectivity index (χ2n) is 7.30. The van der Waals surface area contributed by atoms with Gasteiger partial charge in [0.05, 0.1) is 0 Å². The number of hydrogen-bond acceptors (Lipinski definition) is 3. The number of hydrogen-bond donors (Lipinski definition) is 1. The van der Waals surface area contributed by atoms with E-state index in [9.17, 15) is 5.11 Å². The molecule has 0 saturated carbocycles. The second kappa shape index (κ2) is 9.94. The van der Waals surface area contributed by atoms with Crippen molar-refractivity contribution in [1.82, 2.24) is 4.90 Å². The Morgan fingerprint density at radius 1 is 0.793 bits per heavy atom. The normalized spacial score (nSPS) is 12.0. The summed E-state index contributed by atoms with van der Waals surface area (Å²) in [7, 11) is 4.08. The number of ether oxygens (including phenoxy) is 1. The Morgan fingerprint density at radius 2 is 1.38 bits per heavy atom. The maximum absolute atomic E-state index is 9.72. The Hall–Kier alpha value is -3.04. The van der Waals surface area contributed by atoms with Crippen LogP contribution >= 0.6 is 0 Å². The third-order valence-corrected chi connectivity index (χ3v) is 4.88. The fraction of sp³-hybridized carbons (Fsp3) is 0.231. The molecule has 3 heteroatoms. The van der Waals surface area contributed by atoms with E-state index in [1.54, 1.807) is 12.1 Å². The summed E-state index contributed by atoms with van der Waals surface area (Å²) in [5, 5.41) is 9.72. The van der Waals surface area contributed by atoms with Crippen LogP contribution in [0.15, 0.2) is 78.9 Å². The van der Waals surface area contributed by atoms with Crippen LogP contribution in [-0.4, -0.2) is 37.3 Å². The molecule has 3 aromatic rings. The van der Waals surface area contributed by atoms with Crippen molar-refractivity contribution in [1.29, 1.82) is 0 Å². The summed E-state index contributed by atoms with van der Waals surface area (Å²) in [6.45, 7) is 3.74. The minimum atomic E-state index is 0.276. The van der Waals surface area contributed by atoms with Crippen molar-refractivity contribution in [2.75, 3.05) is 27.2 Å². The van der Waals surface area contributed by atoms with E-state index in [1.165, 1.54) is 22.3 Å². The van der Waals surface area contributed by atoms with Crippen LogP contribution in [0.25, 0.3) is 11.1 Å². The Bertz CT molecular complexity index is 927. The van der Waals surface area contributed by atoms with Crippen molar-refractivity contribution < 1.29 is 9.84 Å². The van der Waals surface area contributed by atoms with Crippen molar-refractivity contribution in [3.05, 3.63) is 95.6 Å². The number of benzene rings is 3. The summed E-state index contributed by atoms with van der Waals surface area (Å²) >= 11 is 0. The number of allylic oxidation sites excluding steroid dienone is 1. The van der Waals surface area contributed by atoms with Gasteiger partial charge in [0.25, 0.3) is 0 Å². The van der Waals surface area contributed by atoms with Gasteiger partial charge in [0.1, 0.15) is 18.1 Å². The number of aromatic hydroxyl groups is 1. The molecule has 0 aliphatic heterocycles. The molecule has 0 aliphatic carbocycles. The van der Waals surface area contributed by atoms with E-state index in [-0.39, 0.29) is 5.75 Å². The maximum Gasteiger partial charge on any atom is 0.119 e. The summed E-state index contributed by atoms with van der Waals surface area (Å²) in [6.07, 6.45) is 0.895. The third kappa shape index (κ3) is 5.49. The van der Waals surface area contributed by atoms with E-state index >= 15 is 0 Å². The van der Waals surface area contributed by atoms with Crippen molar-refractivity contribution in [3.8, 4) is 11.5 Å². The van der Waals surface area contributed by atoms with E-state index < -0.39 is 0 Å². The highest BCUT2D eigenvalue weighted by Gasteiger charge is 2.13. The summed E-state index contributed by atoms with van der Waals surface area (Å²) in [6, 6.07) is 26.2. The van der Waals surface area contributed by atoms with Gasteiger partial charge in [-0.15, -0.1) is 0 Å². The fourth-order valence-electron chi connectivity index (χ4n) is 3.37. The molecule has 0 spiro atoms. The summed E-state index contributed by atoms with van der Waals surface area (Å²) < 4.78 is 5.84. The van der Waals surface area contributed by atoms with Gasteiger partial charge in [-0.05, 0) is 72.6 Å². The van der Waals surface area contributed by atoms with Crippen LogP contribution < -0.4 is 4.74 Å². The van der Waals surface area contributed by atoms with Gasteiger partial charge in [0.2, 0.25) is 0 Å². The molecular weight excluding hydrogens is 358 g/mol. The maximum atomic E-state index is 9.72. The molecule has 3 rings (SSSR count). The molecule has 0 amide bonds. The Kier molecular flexibility index (Phi) is 7.09. The topological polar surface area (TPSA) is 32.7 Å². The van der Waals surface area contributed by atoms with Gasteiger partial charge in [-0.3, -0.25) is 0 Å². The minimum Gasteiger partial charge on any atom is -0.508 e. The summed E-state index contributed by atoms with van der Waals surface area (Å²) in [5.41, 5.74) is 5.90. The number of rotatable bonds is 8. The average Bonchev–Trinajstić information content (AvgIpc) is 2.74.